The average Bonchev–Trinajstić information content (AvgIpc) is 3.71. The number of pyridine rings is 1. The highest BCUT2D eigenvalue weighted by molar-refractivity contribution is 6.11. The molecule has 0 unspecified atom stereocenters. The molecule has 0 saturated heterocycles. The van der Waals surface area contributed by atoms with Gasteiger partial charge in [0.15, 0.2) is 5.82 Å². The van der Waals surface area contributed by atoms with E-state index < -0.39 is 0 Å². The van der Waals surface area contributed by atoms with Crippen LogP contribution < -0.4 is 0 Å². The van der Waals surface area contributed by atoms with Crippen molar-refractivity contribution >= 4 is 43.7 Å². The van der Waals surface area contributed by atoms with Crippen LogP contribution in [0.25, 0.3) is 89.0 Å². The molecule has 10 rings (SSSR count). The monoisotopic (exact) mass is 639 g/mol. The van der Waals surface area contributed by atoms with E-state index in [0.717, 1.165) is 61.4 Å². The Labute approximate surface area is 288 Å². The van der Waals surface area contributed by atoms with Gasteiger partial charge in [-0.25, -0.2) is 15.0 Å². The van der Waals surface area contributed by atoms with Crippen molar-refractivity contribution in [2.45, 2.75) is 0 Å². The molecule has 0 aliphatic rings. The van der Waals surface area contributed by atoms with Gasteiger partial charge in [-0.2, -0.15) is 0 Å². The first kappa shape index (κ1) is 28.2. The zero-order valence-electron chi connectivity index (χ0n) is 27.0. The van der Waals surface area contributed by atoms with Gasteiger partial charge in [-0.3, -0.25) is 4.57 Å². The van der Waals surface area contributed by atoms with E-state index >= 15 is 0 Å². The number of rotatable bonds is 5. The van der Waals surface area contributed by atoms with Gasteiger partial charge in [0.25, 0.3) is 0 Å². The molecule has 5 heteroatoms. The Hall–Kier alpha value is -6.85. The lowest BCUT2D eigenvalue weighted by Crippen LogP contribution is -2.03. The van der Waals surface area contributed by atoms with Crippen LogP contribution in [0.15, 0.2) is 176 Å². The van der Waals surface area contributed by atoms with Crippen molar-refractivity contribution in [1.29, 1.82) is 0 Å². The molecular formula is C45H29N5. The molecule has 4 heterocycles. The minimum Gasteiger partial charge on any atom is -0.309 e. The zero-order valence-corrected chi connectivity index (χ0v) is 27.0. The van der Waals surface area contributed by atoms with E-state index in [9.17, 15) is 0 Å². The Bertz CT molecular complexity index is 2800. The zero-order chi connectivity index (χ0) is 33.0. The van der Waals surface area contributed by atoms with Crippen molar-refractivity contribution in [3.8, 4) is 45.3 Å². The van der Waals surface area contributed by atoms with E-state index in [0.29, 0.717) is 5.82 Å². The SMILES string of the molecule is c1ccc(-c2cc(-n3c4ccc(-c5ccc6c7ccccc7n(-c7ccccc7)c6c5)cc4c4cccnc43)nc(-c3ccccc3)n2)cc1. The van der Waals surface area contributed by atoms with Crippen molar-refractivity contribution in [3.05, 3.63) is 176 Å². The number of nitrogens with zero attached hydrogens (tertiary/aromatic N) is 5. The van der Waals surface area contributed by atoms with Crippen LogP contribution in [0, 0.1) is 0 Å². The third-order valence-corrected chi connectivity index (χ3v) is 9.59. The van der Waals surface area contributed by atoms with Gasteiger partial charge in [0.2, 0.25) is 0 Å². The molecule has 0 aliphatic carbocycles. The molecule has 6 aromatic carbocycles. The summed E-state index contributed by atoms with van der Waals surface area (Å²) in [5.74, 6) is 1.45. The molecule has 0 bridgehead atoms. The van der Waals surface area contributed by atoms with Gasteiger partial charge in [-0.05, 0) is 59.7 Å². The summed E-state index contributed by atoms with van der Waals surface area (Å²) in [6.45, 7) is 0. The molecular weight excluding hydrogens is 611 g/mol. The fourth-order valence-electron chi connectivity index (χ4n) is 7.29. The molecule has 0 spiro atoms. The maximum atomic E-state index is 5.15. The lowest BCUT2D eigenvalue weighted by atomic mass is 10.0. The Morgan fingerprint density at radius 1 is 0.380 bits per heavy atom. The van der Waals surface area contributed by atoms with Crippen LogP contribution in [0.4, 0.5) is 0 Å². The van der Waals surface area contributed by atoms with Crippen molar-refractivity contribution in [1.82, 2.24) is 24.1 Å². The fraction of sp³-hybridized carbons (Fsp3) is 0. The lowest BCUT2D eigenvalue weighted by Gasteiger charge is -2.12. The van der Waals surface area contributed by atoms with Gasteiger partial charge >= 0.3 is 0 Å². The second kappa shape index (κ2) is 11.4. The molecule has 0 saturated carbocycles. The third kappa shape index (κ3) is 4.52. The normalized spacial score (nSPS) is 11.6. The van der Waals surface area contributed by atoms with Gasteiger partial charge < -0.3 is 4.57 Å². The minimum absolute atomic E-state index is 0.673. The predicted molar refractivity (Wildman–Crippen MR) is 205 cm³/mol. The van der Waals surface area contributed by atoms with E-state index in [1.165, 1.54) is 21.8 Å². The summed E-state index contributed by atoms with van der Waals surface area (Å²) >= 11 is 0. The molecule has 0 amide bonds. The number of hydrogen-bond acceptors (Lipinski definition) is 3. The molecule has 50 heavy (non-hydrogen) atoms. The van der Waals surface area contributed by atoms with Crippen LogP contribution in [0.2, 0.25) is 0 Å². The average molecular weight is 640 g/mol. The minimum atomic E-state index is 0.673. The van der Waals surface area contributed by atoms with Crippen LogP contribution in [0.1, 0.15) is 0 Å². The lowest BCUT2D eigenvalue weighted by molar-refractivity contribution is 1.03. The smallest absolute Gasteiger partial charge is 0.162 e. The molecule has 0 N–H and O–H groups in total. The summed E-state index contributed by atoms with van der Waals surface area (Å²) in [7, 11) is 0. The summed E-state index contributed by atoms with van der Waals surface area (Å²) < 4.78 is 4.54. The summed E-state index contributed by atoms with van der Waals surface area (Å²) in [6.07, 6.45) is 1.85. The van der Waals surface area contributed by atoms with Gasteiger partial charge in [0, 0.05) is 50.6 Å². The first-order valence-electron chi connectivity index (χ1n) is 16.8. The quantitative estimate of drug-likeness (QED) is 0.188. The largest absolute Gasteiger partial charge is 0.309 e. The molecule has 5 nitrogen and oxygen atoms in total. The Balaban J connectivity index is 1.18. The van der Waals surface area contributed by atoms with Crippen molar-refractivity contribution < 1.29 is 0 Å². The first-order valence-corrected chi connectivity index (χ1v) is 16.8. The highest BCUT2D eigenvalue weighted by Crippen LogP contribution is 2.38. The van der Waals surface area contributed by atoms with E-state index in [1.807, 2.05) is 48.7 Å². The molecule has 10 aromatic rings. The van der Waals surface area contributed by atoms with Crippen molar-refractivity contribution in [2.75, 3.05) is 0 Å². The number of aromatic nitrogens is 5. The van der Waals surface area contributed by atoms with Gasteiger partial charge in [-0.1, -0.05) is 115 Å². The predicted octanol–water partition coefficient (Wildman–Crippen LogP) is 11.1. The fourth-order valence-corrected chi connectivity index (χ4v) is 7.29. The van der Waals surface area contributed by atoms with Crippen LogP contribution in [-0.4, -0.2) is 24.1 Å². The molecule has 234 valence electrons. The molecule has 0 radical (unpaired) electrons. The second-order valence-corrected chi connectivity index (χ2v) is 12.5. The third-order valence-electron chi connectivity index (χ3n) is 9.59. The second-order valence-electron chi connectivity index (χ2n) is 12.5. The number of fused-ring (bicyclic) bond motifs is 6. The Morgan fingerprint density at radius 2 is 1.02 bits per heavy atom. The van der Waals surface area contributed by atoms with E-state index in [2.05, 4.69) is 137 Å². The van der Waals surface area contributed by atoms with Crippen LogP contribution >= 0.6 is 0 Å². The molecule has 0 fully saturated rings. The van der Waals surface area contributed by atoms with Gasteiger partial charge in [0.1, 0.15) is 11.5 Å². The van der Waals surface area contributed by atoms with Crippen LogP contribution in [-0.2, 0) is 0 Å². The summed E-state index contributed by atoms with van der Waals surface area (Å²) in [4.78, 5) is 15.1. The summed E-state index contributed by atoms with van der Waals surface area (Å²) in [5.41, 5.74) is 10.6. The first-order chi connectivity index (χ1) is 24.8. The highest BCUT2D eigenvalue weighted by Gasteiger charge is 2.19. The molecule has 0 atom stereocenters. The van der Waals surface area contributed by atoms with E-state index in [4.69, 9.17) is 15.0 Å². The van der Waals surface area contributed by atoms with Crippen molar-refractivity contribution in [3.63, 3.8) is 0 Å². The number of benzene rings is 6. The van der Waals surface area contributed by atoms with Gasteiger partial charge in [-0.15, -0.1) is 0 Å². The molecule has 4 aromatic heterocycles. The number of hydrogen-bond donors (Lipinski definition) is 0. The van der Waals surface area contributed by atoms with Crippen LogP contribution in [0.5, 0.6) is 0 Å². The van der Waals surface area contributed by atoms with Gasteiger partial charge in [0.05, 0.1) is 22.2 Å². The van der Waals surface area contributed by atoms with E-state index in [1.54, 1.807) is 0 Å². The molecule has 0 aliphatic heterocycles. The topological polar surface area (TPSA) is 48.5 Å². The Kier molecular flexibility index (Phi) is 6.42. The number of para-hydroxylation sites is 2. The summed E-state index contributed by atoms with van der Waals surface area (Å²) in [6, 6.07) is 59.5. The van der Waals surface area contributed by atoms with Crippen molar-refractivity contribution in [2.24, 2.45) is 0 Å². The highest BCUT2D eigenvalue weighted by atomic mass is 15.1. The standard InChI is InChI=1S/C45H29N5/c1-4-13-30(14-5-1)39-29-43(48-44(47-39)31-15-6-2-7-16-31)50-41-25-23-32(27-38(41)37-20-12-26-46-45(37)50)33-22-24-36-35-19-10-11-21-40(35)49(42(36)28-33)34-17-8-3-9-18-34/h1-29H. The Morgan fingerprint density at radius 3 is 1.84 bits per heavy atom. The van der Waals surface area contributed by atoms with E-state index in [-0.39, 0.29) is 0 Å². The van der Waals surface area contributed by atoms with Crippen LogP contribution in [0.3, 0.4) is 0 Å². The maximum Gasteiger partial charge on any atom is 0.162 e. The maximum absolute atomic E-state index is 5.15. The summed E-state index contributed by atoms with van der Waals surface area (Å²) in [5, 5.41) is 4.68.